The molecule has 0 radical (unpaired) electrons. The number of nitrogens with one attached hydrogen (secondary N) is 2. The summed E-state index contributed by atoms with van der Waals surface area (Å²) in [7, 11) is 2.96. The second-order valence-electron chi connectivity index (χ2n) is 10.1. The maximum Gasteiger partial charge on any atom is 0.183 e. The van der Waals surface area contributed by atoms with Gasteiger partial charge in [0.1, 0.15) is 5.52 Å². The standard InChI is InChI=1S/C25H22N6O.C5H13N.CH4O/c1-17-13-19(15-26-14-17)24-29-25(28-22(16-32)21-9-5-6-11-27-21)23-20(10-12-31(23)30-24)18-7-3-2-4-8-18;1-5(2,3)6-4;1-2/h2-15,22,32H,16H2,1H3,(H,28,29,30);6H,1-4H3;2H,1H3. The van der Waals surface area contributed by atoms with Gasteiger partial charge in [0.2, 0.25) is 0 Å². The zero-order chi connectivity index (χ0) is 29.1. The van der Waals surface area contributed by atoms with Gasteiger partial charge in [0.05, 0.1) is 18.3 Å². The molecule has 0 aliphatic heterocycles. The molecule has 0 aliphatic carbocycles. The van der Waals surface area contributed by atoms with E-state index < -0.39 is 6.04 Å². The van der Waals surface area contributed by atoms with Gasteiger partial charge in [-0.05, 0) is 70.1 Å². The zero-order valence-corrected chi connectivity index (χ0v) is 24.0. The Labute approximate surface area is 236 Å². The van der Waals surface area contributed by atoms with Crippen LogP contribution < -0.4 is 10.6 Å². The number of aliphatic hydroxyl groups is 2. The highest BCUT2D eigenvalue weighted by Gasteiger charge is 2.19. The second kappa shape index (κ2) is 14.3. The number of anilines is 1. The van der Waals surface area contributed by atoms with E-state index in [1.165, 1.54) is 0 Å². The van der Waals surface area contributed by atoms with Crippen LogP contribution in [0.3, 0.4) is 0 Å². The van der Waals surface area contributed by atoms with Gasteiger partial charge >= 0.3 is 0 Å². The number of aryl methyl sites for hydroxylation is 1. The van der Waals surface area contributed by atoms with Gasteiger partial charge in [-0.1, -0.05) is 36.4 Å². The van der Waals surface area contributed by atoms with E-state index in [9.17, 15) is 5.11 Å². The van der Waals surface area contributed by atoms with E-state index in [1.807, 2.05) is 73.2 Å². The van der Waals surface area contributed by atoms with Gasteiger partial charge in [0.25, 0.3) is 0 Å². The van der Waals surface area contributed by atoms with Crippen molar-refractivity contribution >= 4 is 11.3 Å². The Morgan fingerprint density at radius 3 is 2.25 bits per heavy atom. The molecule has 9 heteroatoms. The molecule has 0 amide bonds. The molecule has 0 aliphatic rings. The minimum atomic E-state index is -0.420. The Morgan fingerprint density at radius 2 is 1.65 bits per heavy atom. The summed E-state index contributed by atoms with van der Waals surface area (Å²) < 4.78 is 1.82. The molecule has 0 saturated carbocycles. The predicted molar refractivity (Wildman–Crippen MR) is 161 cm³/mol. The molecule has 1 unspecified atom stereocenters. The average Bonchev–Trinajstić information content (AvgIpc) is 3.42. The number of rotatable bonds is 6. The lowest BCUT2D eigenvalue weighted by Gasteiger charge is -2.18. The summed E-state index contributed by atoms with van der Waals surface area (Å²) in [6.07, 6.45) is 7.19. The van der Waals surface area contributed by atoms with Crippen molar-refractivity contribution in [2.45, 2.75) is 39.3 Å². The largest absolute Gasteiger partial charge is 0.400 e. The van der Waals surface area contributed by atoms with Crippen molar-refractivity contribution in [2.75, 3.05) is 26.1 Å². The summed E-state index contributed by atoms with van der Waals surface area (Å²) in [5.41, 5.74) is 5.77. The molecule has 0 bridgehead atoms. The highest BCUT2D eigenvalue weighted by atomic mass is 16.3. The third kappa shape index (κ3) is 7.92. The Bertz CT molecular complexity index is 1470. The number of aromatic nitrogens is 5. The van der Waals surface area contributed by atoms with Crippen LogP contribution in [0.25, 0.3) is 28.0 Å². The monoisotopic (exact) mass is 541 g/mol. The molecule has 4 N–H and O–H groups in total. The minimum Gasteiger partial charge on any atom is -0.400 e. The van der Waals surface area contributed by atoms with E-state index in [-0.39, 0.29) is 6.61 Å². The predicted octanol–water partition coefficient (Wildman–Crippen LogP) is 4.92. The Kier molecular flexibility index (Phi) is 10.8. The van der Waals surface area contributed by atoms with Crippen molar-refractivity contribution in [3.63, 3.8) is 0 Å². The topological polar surface area (TPSA) is 120 Å². The number of nitrogens with zero attached hydrogens (tertiary/aromatic N) is 5. The summed E-state index contributed by atoms with van der Waals surface area (Å²) in [6, 6.07) is 19.4. The summed E-state index contributed by atoms with van der Waals surface area (Å²) in [5, 5.41) is 28.4. The van der Waals surface area contributed by atoms with Crippen LogP contribution in [0.2, 0.25) is 0 Å². The van der Waals surface area contributed by atoms with Gasteiger partial charge < -0.3 is 20.8 Å². The SMILES string of the molecule is CNC(C)(C)C.CO.Cc1cncc(-c2nc(NC(CO)c3ccccn3)c3c(-c4ccccc4)ccn3n2)c1. The van der Waals surface area contributed by atoms with E-state index in [0.717, 1.165) is 40.6 Å². The molecule has 9 nitrogen and oxygen atoms in total. The van der Waals surface area contributed by atoms with Crippen molar-refractivity contribution in [3.05, 3.63) is 96.7 Å². The van der Waals surface area contributed by atoms with Crippen molar-refractivity contribution in [1.82, 2.24) is 29.9 Å². The van der Waals surface area contributed by atoms with Gasteiger partial charge in [0.15, 0.2) is 11.6 Å². The lowest BCUT2D eigenvalue weighted by Crippen LogP contribution is -2.31. The third-order valence-corrected chi connectivity index (χ3v) is 6.02. The van der Waals surface area contributed by atoms with Crippen LogP contribution in [-0.4, -0.2) is 61.1 Å². The quantitative estimate of drug-likeness (QED) is 0.239. The number of hydrogen-bond acceptors (Lipinski definition) is 8. The second-order valence-corrected chi connectivity index (χ2v) is 10.1. The number of hydrogen-bond donors (Lipinski definition) is 4. The summed E-state index contributed by atoms with van der Waals surface area (Å²) in [6.45, 7) is 8.25. The lowest BCUT2D eigenvalue weighted by molar-refractivity contribution is 0.274. The summed E-state index contributed by atoms with van der Waals surface area (Å²) >= 11 is 0. The zero-order valence-electron chi connectivity index (χ0n) is 24.0. The molecule has 0 saturated heterocycles. The van der Waals surface area contributed by atoms with Crippen molar-refractivity contribution < 1.29 is 10.2 Å². The molecule has 4 aromatic heterocycles. The third-order valence-electron chi connectivity index (χ3n) is 6.02. The summed E-state index contributed by atoms with van der Waals surface area (Å²) in [5.74, 6) is 1.16. The maximum absolute atomic E-state index is 10.1. The maximum atomic E-state index is 10.1. The first kappa shape index (κ1) is 30.4. The Hall–Kier alpha value is -4.18. The van der Waals surface area contributed by atoms with Crippen molar-refractivity contribution in [3.8, 4) is 22.5 Å². The van der Waals surface area contributed by atoms with Crippen molar-refractivity contribution in [1.29, 1.82) is 0 Å². The van der Waals surface area contributed by atoms with Crippen LogP contribution in [0.4, 0.5) is 5.82 Å². The van der Waals surface area contributed by atoms with E-state index in [1.54, 1.807) is 18.6 Å². The molecule has 1 atom stereocenters. The van der Waals surface area contributed by atoms with Crippen LogP contribution >= 0.6 is 0 Å². The molecule has 0 spiro atoms. The van der Waals surface area contributed by atoms with E-state index in [4.69, 9.17) is 15.2 Å². The van der Waals surface area contributed by atoms with Crippen LogP contribution in [0.15, 0.2) is 85.5 Å². The highest BCUT2D eigenvalue weighted by Crippen LogP contribution is 2.32. The number of pyridine rings is 2. The number of fused-ring (bicyclic) bond motifs is 1. The molecule has 0 fully saturated rings. The fourth-order valence-electron chi connectivity index (χ4n) is 3.74. The van der Waals surface area contributed by atoms with Crippen LogP contribution in [0.1, 0.15) is 38.1 Å². The molecule has 5 rings (SSSR count). The fraction of sp³-hybridized carbons (Fsp3) is 0.290. The van der Waals surface area contributed by atoms with Gasteiger partial charge in [-0.3, -0.25) is 9.97 Å². The van der Waals surface area contributed by atoms with E-state index in [2.05, 4.69) is 53.5 Å². The van der Waals surface area contributed by atoms with Gasteiger partial charge in [0, 0.05) is 48.6 Å². The van der Waals surface area contributed by atoms with Gasteiger partial charge in [-0.25, -0.2) is 9.50 Å². The first-order chi connectivity index (χ1) is 19.3. The molecule has 210 valence electrons. The summed E-state index contributed by atoms with van der Waals surface area (Å²) in [4.78, 5) is 13.6. The molecular formula is C31H39N7O2. The van der Waals surface area contributed by atoms with Crippen LogP contribution in [0, 0.1) is 6.92 Å². The van der Waals surface area contributed by atoms with Crippen LogP contribution in [-0.2, 0) is 0 Å². The Balaban J connectivity index is 0.000000491. The molecule has 5 aromatic rings. The highest BCUT2D eigenvalue weighted by molar-refractivity contribution is 5.89. The van der Waals surface area contributed by atoms with Crippen LogP contribution in [0.5, 0.6) is 0 Å². The Morgan fingerprint density at radius 1 is 0.950 bits per heavy atom. The smallest absolute Gasteiger partial charge is 0.183 e. The normalized spacial score (nSPS) is 11.6. The first-order valence-electron chi connectivity index (χ1n) is 13.1. The van der Waals surface area contributed by atoms with Gasteiger partial charge in [-0.2, -0.15) is 0 Å². The van der Waals surface area contributed by atoms with Gasteiger partial charge in [-0.15, -0.1) is 5.10 Å². The molecule has 1 aromatic carbocycles. The average molecular weight is 542 g/mol. The van der Waals surface area contributed by atoms with Crippen molar-refractivity contribution in [2.24, 2.45) is 0 Å². The van der Waals surface area contributed by atoms with E-state index >= 15 is 0 Å². The molecule has 4 heterocycles. The number of aliphatic hydroxyl groups excluding tert-OH is 2. The first-order valence-corrected chi connectivity index (χ1v) is 13.1. The fourth-order valence-corrected chi connectivity index (χ4v) is 3.74. The lowest BCUT2D eigenvalue weighted by atomic mass is 10.1. The molecular weight excluding hydrogens is 502 g/mol. The number of benzene rings is 1. The minimum absolute atomic E-state index is 0.129. The van der Waals surface area contributed by atoms with E-state index in [0.29, 0.717) is 17.2 Å². The molecule has 40 heavy (non-hydrogen) atoms.